The molecule has 7 aromatic carbocycles. The van der Waals surface area contributed by atoms with E-state index in [1.807, 2.05) is 159 Å². The maximum atomic E-state index is 13.2. The first-order chi connectivity index (χ1) is 23.5. The van der Waals surface area contributed by atoms with E-state index in [1.165, 1.54) is 11.1 Å². The summed E-state index contributed by atoms with van der Waals surface area (Å²) < 4.78 is 38.4. The summed E-state index contributed by atoms with van der Waals surface area (Å²) >= 11 is 0. The van der Waals surface area contributed by atoms with Gasteiger partial charge in [-0.3, -0.25) is 0 Å². The molecule has 0 fully saturated rings. The van der Waals surface area contributed by atoms with Crippen molar-refractivity contribution >= 4 is 32.4 Å². The van der Waals surface area contributed by atoms with E-state index in [2.05, 4.69) is 12.1 Å². The van der Waals surface area contributed by atoms with Gasteiger partial charge in [0.1, 0.15) is 23.0 Å². The van der Waals surface area contributed by atoms with Crippen LogP contribution in [0, 0.1) is 6.92 Å². The molecule has 0 saturated carbocycles. The van der Waals surface area contributed by atoms with Crippen LogP contribution in [0.25, 0.3) is 10.8 Å². The fourth-order valence-corrected chi connectivity index (χ4v) is 7.44. The van der Waals surface area contributed by atoms with Crippen LogP contribution in [-0.2, 0) is 28.0 Å². The molecule has 0 aromatic heterocycles. The quantitative estimate of drug-likeness (QED) is 0.146. The molecule has 7 rings (SSSR count). The molecule has 0 saturated heterocycles. The van der Waals surface area contributed by atoms with Crippen LogP contribution in [0.4, 0.5) is 0 Å². The van der Waals surface area contributed by atoms with Crippen LogP contribution in [-0.4, -0.2) is 8.42 Å². The minimum Gasteiger partial charge on any atom is -0.457 e. The van der Waals surface area contributed by atoms with Crippen molar-refractivity contribution in [2.24, 2.45) is 0 Å². The predicted octanol–water partition coefficient (Wildman–Crippen LogP) is 10.7. The highest BCUT2D eigenvalue weighted by Gasteiger charge is 2.10. The first-order valence-corrected chi connectivity index (χ1v) is 17.9. The minimum absolute atomic E-state index is 0.667. The van der Waals surface area contributed by atoms with Crippen molar-refractivity contribution in [1.29, 1.82) is 0 Å². The minimum atomic E-state index is -1.29. The lowest BCUT2D eigenvalue weighted by atomic mass is 10.1. The molecule has 0 amide bonds. The molecule has 0 spiro atoms. The number of ether oxygens (including phenoxy) is 2. The topological polar surface area (TPSA) is 52.6 Å². The third kappa shape index (κ3) is 7.46. The summed E-state index contributed by atoms with van der Waals surface area (Å²) in [5.41, 5.74) is 3.57. The highest BCUT2D eigenvalue weighted by atomic mass is 32.2. The lowest BCUT2D eigenvalue weighted by Crippen LogP contribution is -1.94. The van der Waals surface area contributed by atoms with Gasteiger partial charge in [0.2, 0.25) is 0 Å². The van der Waals surface area contributed by atoms with Crippen LogP contribution in [0.5, 0.6) is 23.0 Å². The Labute approximate surface area is 285 Å². The molecule has 0 heterocycles. The fraction of sp³-hybridized carbons (Fsp3) is 0.0476. The zero-order valence-electron chi connectivity index (χ0n) is 26.2. The second kappa shape index (κ2) is 14.2. The van der Waals surface area contributed by atoms with Gasteiger partial charge >= 0.3 is 0 Å². The van der Waals surface area contributed by atoms with Crippen molar-refractivity contribution in [3.05, 3.63) is 180 Å². The zero-order chi connectivity index (χ0) is 32.9. The second-order valence-corrected chi connectivity index (χ2v) is 14.4. The molecular weight excluding hydrogens is 633 g/mol. The molecular formula is C42H32O4S2. The Balaban J connectivity index is 0.967. The van der Waals surface area contributed by atoms with E-state index in [9.17, 15) is 8.42 Å². The third-order valence-electron chi connectivity index (χ3n) is 7.95. The lowest BCUT2D eigenvalue weighted by Gasteiger charge is -2.10. The first-order valence-electron chi connectivity index (χ1n) is 15.6. The molecule has 0 N–H and O–H groups in total. The van der Waals surface area contributed by atoms with Crippen molar-refractivity contribution in [1.82, 2.24) is 0 Å². The molecule has 0 radical (unpaired) electrons. The molecule has 0 aliphatic rings. The summed E-state index contributed by atoms with van der Waals surface area (Å²) in [6, 6.07) is 52.6. The smallest absolute Gasteiger partial charge is 0.128 e. The van der Waals surface area contributed by atoms with E-state index in [0.29, 0.717) is 23.0 Å². The summed E-state index contributed by atoms with van der Waals surface area (Å²) in [6.45, 7) is 2.01. The van der Waals surface area contributed by atoms with Gasteiger partial charge in [0, 0.05) is 19.6 Å². The van der Waals surface area contributed by atoms with Crippen LogP contribution in [0.2, 0.25) is 0 Å². The maximum Gasteiger partial charge on any atom is 0.128 e. The van der Waals surface area contributed by atoms with Gasteiger partial charge in [0.15, 0.2) is 0 Å². The lowest BCUT2D eigenvalue weighted by molar-refractivity contribution is 0.481. The molecule has 6 heteroatoms. The number of benzene rings is 7. The average molecular weight is 665 g/mol. The Morgan fingerprint density at radius 3 is 1.25 bits per heavy atom. The standard InChI is InChI=1S/C42H32O4S2/c1-30-7-19-39(20-8-30)47(43)41-23-15-35(16-24-41)45-37-13-11-34-29-38(14-12-33(34)28-37)46-36-17-25-42(26-18-36)48(44)40-21-9-32(10-22-40)27-31-5-3-2-4-6-31/h2-26,28-29H,27H2,1H3. The SMILES string of the molecule is Cc1ccc(S(=O)c2ccc(Oc3ccc4cc(Oc5ccc(S(=O)c6ccc(Cc7ccccc7)cc6)cc5)ccc4c3)cc2)cc1. The van der Waals surface area contributed by atoms with Gasteiger partial charge in [-0.25, -0.2) is 8.42 Å². The summed E-state index contributed by atoms with van der Waals surface area (Å²) in [6.07, 6.45) is 0.846. The van der Waals surface area contributed by atoms with Crippen molar-refractivity contribution in [2.75, 3.05) is 0 Å². The molecule has 7 aromatic rings. The number of rotatable bonds is 10. The van der Waals surface area contributed by atoms with Gasteiger partial charge in [-0.15, -0.1) is 0 Å². The molecule has 2 atom stereocenters. The Hall–Kier alpha value is -5.30. The van der Waals surface area contributed by atoms with Gasteiger partial charge in [0.25, 0.3) is 0 Å². The van der Waals surface area contributed by atoms with E-state index < -0.39 is 21.6 Å². The van der Waals surface area contributed by atoms with Crippen LogP contribution < -0.4 is 9.47 Å². The average Bonchev–Trinajstić information content (AvgIpc) is 3.13. The largest absolute Gasteiger partial charge is 0.457 e. The van der Waals surface area contributed by atoms with E-state index in [0.717, 1.165) is 42.3 Å². The van der Waals surface area contributed by atoms with E-state index in [4.69, 9.17) is 9.47 Å². The van der Waals surface area contributed by atoms with E-state index >= 15 is 0 Å². The Morgan fingerprint density at radius 2 is 0.792 bits per heavy atom. The number of hydrogen-bond donors (Lipinski definition) is 0. The van der Waals surface area contributed by atoms with Crippen LogP contribution in [0.15, 0.2) is 183 Å². The molecule has 0 aliphatic heterocycles. The Kier molecular flexibility index (Phi) is 9.27. The number of fused-ring (bicyclic) bond motifs is 1. The Morgan fingerprint density at radius 1 is 0.417 bits per heavy atom. The Bertz CT molecular complexity index is 2210. The van der Waals surface area contributed by atoms with Gasteiger partial charge in [-0.05, 0) is 132 Å². The van der Waals surface area contributed by atoms with Gasteiger partial charge in [-0.1, -0.05) is 72.3 Å². The highest BCUT2D eigenvalue weighted by molar-refractivity contribution is 7.85. The first kappa shape index (κ1) is 31.3. The van der Waals surface area contributed by atoms with Crippen LogP contribution >= 0.6 is 0 Å². The summed E-state index contributed by atoms with van der Waals surface area (Å²) in [4.78, 5) is 2.99. The van der Waals surface area contributed by atoms with Gasteiger partial charge in [0.05, 0.1) is 21.6 Å². The molecule has 48 heavy (non-hydrogen) atoms. The molecule has 2 unspecified atom stereocenters. The van der Waals surface area contributed by atoms with Crippen LogP contribution in [0.1, 0.15) is 16.7 Å². The van der Waals surface area contributed by atoms with Crippen molar-refractivity contribution < 1.29 is 17.9 Å². The van der Waals surface area contributed by atoms with E-state index in [1.54, 1.807) is 0 Å². The maximum absolute atomic E-state index is 13.2. The molecule has 236 valence electrons. The highest BCUT2D eigenvalue weighted by Crippen LogP contribution is 2.31. The fourth-order valence-electron chi connectivity index (χ4n) is 5.36. The summed E-state index contributed by atoms with van der Waals surface area (Å²) in [5, 5.41) is 2.02. The summed E-state index contributed by atoms with van der Waals surface area (Å²) in [5.74, 6) is 2.75. The molecule has 0 bridgehead atoms. The van der Waals surface area contributed by atoms with E-state index in [-0.39, 0.29) is 0 Å². The molecule has 0 aliphatic carbocycles. The van der Waals surface area contributed by atoms with Gasteiger partial charge < -0.3 is 9.47 Å². The number of aryl methyl sites for hydroxylation is 1. The second-order valence-electron chi connectivity index (χ2n) is 11.5. The third-order valence-corrected chi connectivity index (χ3v) is 10.8. The number of hydrogen-bond acceptors (Lipinski definition) is 4. The zero-order valence-corrected chi connectivity index (χ0v) is 27.9. The summed E-state index contributed by atoms with van der Waals surface area (Å²) in [7, 11) is -2.53. The van der Waals surface area contributed by atoms with Crippen molar-refractivity contribution in [3.8, 4) is 23.0 Å². The predicted molar refractivity (Wildman–Crippen MR) is 193 cm³/mol. The molecule has 4 nitrogen and oxygen atoms in total. The normalized spacial score (nSPS) is 12.4. The monoisotopic (exact) mass is 664 g/mol. The van der Waals surface area contributed by atoms with Crippen LogP contribution in [0.3, 0.4) is 0 Å². The van der Waals surface area contributed by atoms with Gasteiger partial charge in [-0.2, -0.15) is 0 Å². The van der Waals surface area contributed by atoms with Crippen molar-refractivity contribution in [2.45, 2.75) is 32.9 Å². The van der Waals surface area contributed by atoms with Crippen molar-refractivity contribution in [3.63, 3.8) is 0 Å².